The van der Waals surface area contributed by atoms with Gasteiger partial charge in [-0.25, -0.2) is 4.68 Å². The molecule has 1 aromatic carbocycles. The number of fused-ring (bicyclic) bond motifs is 1. The first-order valence-corrected chi connectivity index (χ1v) is 13.4. The van der Waals surface area contributed by atoms with Crippen LogP contribution in [0.25, 0.3) is 10.9 Å². The molecule has 0 spiro atoms. The number of ether oxygens (including phenoxy) is 2. The van der Waals surface area contributed by atoms with E-state index in [0.717, 1.165) is 67.3 Å². The third-order valence-electron chi connectivity index (χ3n) is 7.74. The largest absolute Gasteiger partial charge is 0.497 e. The van der Waals surface area contributed by atoms with Crippen molar-refractivity contribution in [2.45, 2.75) is 63.3 Å². The molecule has 1 saturated carbocycles. The minimum absolute atomic E-state index is 0.0737. The summed E-state index contributed by atoms with van der Waals surface area (Å²) in [4.78, 5) is 23.4. The molecule has 10 nitrogen and oxygen atoms in total. The van der Waals surface area contributed by atoms with Crippen LogP contribution in [0.1, 0.15) is 67.6 Å². The van der Waals surface area contributed by atoms with Crippen molar-refractivity contribution < 1.29 is 9.47 Å². The van der Waals surface area contributed by atoms with E-state index < -0.39 is 6.04 Å². The van der Waals surface area contributed by atoms with Crippen molar-refractivity contribution in [2.75, 3.05) is 20.3 Å². The standard InChI is InChI=1S/C28H33N7O3/c1-37-22-10-11-25-20(14-22)15-24(28(36)30-25)26(27-31-32-33-35(27)21-7-2-3-8-21)34(18-23-9-5-13-38-23)17-19-6-4-12-29-16-19/h4,6,10-12,14-16,21,23,26H,2-3,5,7-9,13,17-18H2,1H3,(H,30,36)/t23-,26+/m1/s1. The first-order valence-electron chi connectivity index (χ1n) is 13.4. The molecule has 0 unspecified atom stereocenters. The van der Waals surface area contributed by atoms with Crippen LogP contribution < -0.4 is 10.3 Å². The number of hydrogen-bond donors (Lipinski definition) is 1. The predicted molar refractivity (Wildman–Crippen MR) is 142 cm³/mol. The highest BCUT2D eigenvalue weighted by molar-refractivity contribution is 5.80. The second-order valence-electron chi connectivity index (χ2n) is 10.3. The molecule has 1 aliphatic heterocycles. The summed E-state index contributed by atoms with van der Waals surface area (Å²) in [7, 11) is 1.64. The van der Waals surface area contributed by atoms with Crippen molar-refractivity contribution in [2.24, 2.45) is 0 Å². The molecule has 1 aliphatic carbocycles. The molecule has 10 heteroatoms. The van der Waals surface area contributed by atoms with Crippen molar-refractivity contribution in [1.82, 2.24) is 35.1 Å². The lowest BCUT2D eigenvalue weighted by Gasteiger charge is -2.33. The van der Waals surface area contributed by atoms with Gasteiger partial charge < -0.3 is 14.5 Å². The van der Waals surface area contributed by atoms with Crippen LogP contribution in [-0.2, 0) is 11.3 Å². The zero-order valence-corrected chi connectivity index (χ0v) is 21.6. The predicted octanol–water partition coefficient (Wildman–Crippen LogP) is 3.80. The van der Waals surface area contributed by atoms with Gasteiger partial charge in [-0.15, -0.1) is 5.10 Å². The van der Waals surface area contributed by atoms with Crippen LogP contribution in [0.5, 0.6) is 5.75 Å². The normalized spacial score (nSPS) is 18.9. The maximum Gasteiger partial charge on any atom is 0.253 e. The number of rotatable bonds is 9. The number of H-pyrrole nitrogens is 1. The lowest BCUT2D eigenvalue weighted by Crippen LogP contribution is -2.39. The quantitative estimate of drug-likeness (QED) is 0.358. The molecule has 1 N–H and O–H groups in total. The van der Waals surface area contributed by atoms with E-state index in [-0.39, 0.29) is 17.7 Å². The van der Waals surface area contributed by atoms with Gasteiger partial charge in [-0.2, -0.15) is 0 Å². The molecular formula is C28H33N7O3. The lowest BCUT2D eigenvalue weighted by atomic mass is 10.0. The Bertz CT molecular complexity index is 1430. The van der Waals surface area contributed by atoms with Crippen molar-refractivity contribution in [3.8, 4) is 5.75 Å². The first kappa shape index (κ1) is 24.7. The number of nitrogens with zero attached hydrogens (tertiary/aromatic N) is 6. The van der Waals surface area contributed by atoms with Crippen molar-refractivity contribution >= 4 is 10.9 Å². The fourth-order valence-corrected chi connectivity index (χ4v) is 5.86. The van der Waals surface area contributed by atoms with Crippen molar-refractivity contribution in [1.29, 1.82) is 0 Å². The van der Waals surface area contributed by atoms with Gasteiger partial charge in [0.05, 0.1) is 19.3 Å². The minimum Gasteiger partial charge on any atom is -0.497 e. The first-order chi connectivity index (χ1) is 18.7. The van der Waals surface area contributed by atoms with Crippen molar-refractivity contribution in [3.05, 3.63) is 76.1 Å². The molecule has 198 valence electrons. The molecule has 4 aromatic rings. The SMILES string of the molecule is COc1ccc2[nH]c(=O)c([C@@H](c3nnnn3C3CCCC3)N(Cc3cccnc3)C[C@H]3CCCO3)cc2c1. The number of aromatic nitrogens is 6. The summed E-state index contributed by atoms with van der Waals surface area (Å²) in [6, 6.07) is 11.4. The number of benzene rings is 1. The van der Waals surface area contributed by atoms with Gasteiger partial charge in [-0.1, -0.05) is 18.9 Å². The Kier molecular flexibility index (Phi) is 7.15. The second kappa shape index (κ2) is 11.0. The Morgan fingerprint density at radius 1 is 1.18 bits per heavy atom. The average molecular weight is 516 g/mol. The third-order valence-corrected chi connectivity index (χ3v) is 7.74. The van der Waals surface area contributed by atoms with E-state index in [9.17, 15) is 4.79 Å². The molecule has 2 atom stereocenters. The number of nitrogens with one attached hydrogen (secondary N) is 1. The zero-order chi connectivity index (χ0) is 25.9. The molecule has 3 aromatic heterocycles. The average Bonchev–Trinajstić information content (AvgIpc) is 3.73. The second-order valence-corrected chi connectivity index (χ2v) is 10.3. The molecule has 6 rings (SSSR count). The Morgan fingerprint density at radius 3 is 2.84 bits per heavy atom. The van der Waals surface area contributed by atoms with Crippen LogP contribution in [0.4, 0.5) is 0 Å². The summed E-state index contributed by atoms with van der Waals surface area (Å²) in [5, 5.41) is 14.0. The monoisotopic (exact) mass is 515 g/mol. The van der Waals surface area contributed by atoms with Gasteiger partial charge in [0.15, 0.2) is 5.82 Å². The molecule has 0 bridgehead atoms. The van der Waals surface area contributed by atoms with E-state index in [1.807, 2.05) is 41.2 Å². The van der Waals surface area contributed by atoms with E-state index in [2.05, 4.69) is 36.5 Å². The highest BCUT2D eigenvalue weighted by Crippen LogP contribution is 2.35. The summed E-state index contributed by atoms with van der Waals surface area (Å²) >= 11 is 0. The molecule has 1 saturated heterocycles. The molecule has 4 heterocycles. The number of hydrogen-bond acceptors (Lipinski definition) is 8. The zero-order valence-electron chi connectivity index (χ0n) is 21.6. The number of pyridine rings is 2. The van der Waals surface area contributed by atoms with E-state index in [1.54, 1.807) is 13.3 Å². The summed E-state index contributed by atoms with van der Waals surface area (Å²) in [5.74, 6) is 1.42. The van der Waals surface area contributed by atoms with E-state index >= 15 is 0 Å². The topological polar surface area (TPSA) is 111 Å². The van der Waals surface area contributed by atoms with E-state index in [0.29, 0.717) is 24.5 Å². The molecule has 0 radical (unpaired) electrons. The lowest BCUT2D eigenvalue weighted by molar-refractivity contribution is 0.0569. The maximum absolute atomic E-state index is 13.7. The summed E-state index contributed by atoms with van der Waals surface area (Å²) in [6.45, 7) is 1.98. The van der Waals surface area contributed by atoms with Crippen molar-refractivity contribution in [3.63, 3.8) is 0 Å². The van der Waals surface area contributed by atoms with Gasteiger partial charge in [0.1, 0.15) is 11.8 Å². The Hall–Kier alpha value is -3.63. The van der Waals surface area contributed by atoms with Gasteiger partial charge >= 0.3 is 0 Å². The Morgan fingerprint density at radius 2 is 2.08 bits per heavy atom. The van der Waals surface area contributed by atoms with Crippen LogP contribution in [0.2, 0.25) is 0 Å². The van der Waals surface area contributed by atoms with Crippen LogP contribution >= 0.6 is 0 Å². The molecule has 2 aliphatic rings. The number of aromatic amines is 1. The molecule has 38 heavy (non-hydrogen) atoms. The fourth-order valence-electron chi connectivity index (χ4n) is 5.86. The van der Waals surface area contributed by atoms with Gasteiger partial charge in [0.2, 0.25) is 0 Å². The van der Waals surface area contributed by atoms with Crippen LogP contribution in [0.15, 0.2) is 53.6 Å². The number of tetrazole rings is 1. The van der Waals surface area contributed by atoms with E-state index in [4.69, 9.17) is 9.47 Å². The summed E-state index contributed by atoms with van der Waals surface area (Å²) in [6.07, 6.45) is 10.1. The Balaban J connectivity index is 1.51. The fraction of sp³-hybridized carbons (Fsp3) is 0.464. The van der Waals surface area contributed by atoms with Crippen LogP contribution in [-0.4, -0.2) is 61.4 Å². The minimum atomic E-state index is -0.477. The van der Waals surface area contributed by atoms with Gasteiger partial charge in [-0.3, -0.25) is 14.7 Å². The van der Waals surface area contributed by atoms with Gasteiger partial charge in [-0.05, 0) is 72.0 Å². The van der Waals surface area contributed by atoms with Gasteiger partial charge in [0, 0.05) is 48.6 Å². The third kappa shape index (κ3) is 5.06. The smallest absolute Gasteiger partial charge is 0.253 e. The Labute approximate surface area is 221 Å². The van der Waals surface area contributed by atoms with E-state index in [1.165, 1.54) is 0 Å². The van der Waals surface area contributed by atoms with Gasteiger partial charge in [0.25, 0.3) is 5.56 Å². The molecule has 0 amide bonds. The molecular weight excluding hydrogens is 482 g/mol. The van der Waals surface area contributed by atoms with Crippen LogP contribution in [0, 0.1) is 0 Å². The van der Waals surface area contributed by atoms with Crippen LogP contribution in [0.3, 0.4) is 0 Å². The highest BCUT2D eigenvalue weighted by atomic mass is 16.5. The summed E-state index contributed by atoms with van der Waals surface area (Å²) in [5.41, 5.74) is 2.25. The summed E-state index contributed by atoms with van der Waals surface area (Å²) < 4.78 is 13.5. The molecule has 2 fully saturated rings. The maximum atomic E-state index is 13.7. The number of methoxy groups -OCH3 is 1. The highest BCUT2D eigenvalue weighted by Gasteiger charge is 2.35.